The van der Waals surface area contributed by atoms with E-state index in [-0.39, 0.29) is 24.2 Å². The molecule has 0 bridgehead atoms. The molecule has 2 amide bonds. The molecule has 0 saturated carbocycles. The van der Waals surface area contributed by atoms with Crippen molar-refractivity contribution in [3.8, 4) is 0 Å². The Labute approximate surface area is 174 Å². The maximum absolute atomic E-state index is 12.7. The Morgan fingerprint density at radius 2 is 1.77 bits per heavy atom. The van der Waals surface area contributed by atoms with Gasteiger partial charge in [0.05, 0.1) is 11.6 Å². The molecule has 1 aromatic heterocycles. The quantitative estimate of drug-likeness (QED) is 0.534. The number of aromatic nitrogens is 1. The minimum absolute atomic E-state index is 0.00290. The van der Waals surface area contributed by atoms with Gasteiger partial charge in [-0.05, 0) is 29.5 Å². The van der Waals surface area contributed by atoms with Crippen molar-refractivity contribution < 1.29 is 9.59 Å². The summed E-state index contributed by atoms with van der Waals surface area (Å²) in [5, 5.41) is 6.34. The Kier molecular flexibility index (Phi) is 4.71. The van der Waals surface area contributed by atoms with Crippen molar-refractivity contribution in [3.05, 3.63) is 78.5 Å². The third-order valence-corrected chi connectivity index (χ3v) is 5.92. The van der Waals surface area contributed by atoms with Gasteiger partial charge in [-0.2, -0.15) is 0 Å². The number of anilines is 1. The van der Waals surface area contributed by atoms with Crippen molar-refractivity contribution in [1.82, 2.24) is 10.3 Å². The van der Waals surface area contributed by atoms with Crippen molar-refractivity contribution in [2.75, 3.05) is 18.0 Å². The predicted octanol–water partition coefficient (Wildman–Crippen LogP) is 4.03. The summed E-state index contributed by atoms with van der Waals surface area (Å²) >= 11 is 0. The molecule has 30 heavy (non-hydrogen) atoms. The molecule has 0 unspecified atom stereocenters. The summed E-state index contributed by atoms with van der Waals surface area (Å²) in [5.41, 5.74) is 3.17. The van der Waals surface area contributed by atoms with Crippen molar-refractivity contribution in [2.45, 2.75) is 12.8 Å². The first kappa shape index (κ1) is 18.4. The van der Waals surface area contributed by atoms with Crippen molar-refractivity contribution in [3.63, 3.8) is 0 Å². The summed E-state index contributed by atoms with van der Waals surface area (Å²) in [6.45, 7) is 0.978. The van der Waals surface area contributed by atoms with Gasteiger partial charge in [-0.3, -0.25) is 9.59 Å². The Bertz CT molecular complexity index is 1240. The molecule has 5 heteroatoms. The molecule has 1 aliphatic heterocycles. The second-order valence-electron chi connectivity index (χ2n) is 7.80. The maximum atomic E-state index is 12.7. The third kappa shape index (κ3) is 3.32. The molecule has 2 N–H and O–H groups in total. The van der Waals surface area contributed by atoms with E-state index >= 15 is 0 Å². The van der Waals surface area contributed by atoms with E-state index in [0.29, 0.717) is 13.1 Å². The van der Waals surface area contributed by atoms with Gasteiger partial charge in [0.1, 0.15) is 0 Å². The lowest BCUT2D eigenvalue weighted by Gasteiger charge is -2.19. The Balaban J connectivity index is 1.24. The summed E-state index contributed by atoms with van der Waals surface area (Å²) in [5.74, 6) is -0.367. The minimum Gasteiger partial charge on any atom is -0.361 e. The molecule has 0 spiro atoms. The fourth-order valence-electron chi connectivity index (χ4n) is 4.36. The number of H-pyrrole nitrogens is 1. The number of benzene rings is 3. The molecule has 0 radical (unpaired) electrons. The molecule has 4 aromatic rings. The SMILES string of the molecule is O=C(NCCc1c[nH]c2ccccc12)[C@H]1CC(=O)N(c2cccc3ccccc23)C1. The van der Waals surface area contributed by atoms with Gasteiger partial charge >= 0.3 is 0 Å². The molecule has 5 rings (SSSR count). The summed E-state index contributed by atoms with van der Waals surface area (Å²) in [6.07, 6.45) is 3.00. The van der Waals surface area contributed by atoms with Gasteiger partial charge in [0, 0.05) is 42.0 Å². The predicted molar refractivity (Wildman–Crippen MR) is 119 cm³/mol. The number of fused-ring (bicyclic) bond motifs is 2. The van der Waals surface area contributed by atoms with E-state index in [4.69, 9.17) is 0 Å². The first-order chi connectivity index (χ1) is 14.7. The standard InChI is InChI=1S/C25H23N3O2/c29-24-14-19(16-28(24)23-11-5-7-17-6-1-2-9-21(17)23)25(30)26-13-12-18-15-27-22-10-4-3-8-20(18)22/h1-11,15,19,27H,12-14,16H2,(H,26,30)/t19-/m0/s1. The van der Waals surface area contributed by atoms with E-state index < -0.39 is 0 Å². The number of rotatable bonds is 5. The van der Waals surface area contributed by atoms with Crippen LogP contribution in [0, 0.1) is 5.92 Å². The summed E-state index contributed by atoms with van der Waals surface area (Å²) in [7, 11) is 0. The summed E-state index contributed by atoms with van der Waals surface area (Å²) < 4.78 is 0. The second-order valence-corrected chi connectivity index (χ2v) is 7.80. The van der Waals surface area contributed by atoms with Gasteiger partial charge in [0.15, 0.2) is 0 Å². The van der Waals surface area contributed by atoms with Gasteiger partial charge in [-0.15, -0.1) is 0 Å². The Morgan fingerprint density at radius 3 is 2.67 bits per heavy atom. The van der Waals surface area contributed by atoms with Crippen LogP contribution in [0.1, 0.15) is 12.0 Å². The first-order valence-electron chi connectivity index (χ1n) is 10.3. The highest BCUT2D eigenvalue weighted by molar-refractivity contribution is 6.07. The van der Waals surface area contributed by atoms with Crippen LogP contribution in [0.2, 0.25) is 0 Å². The zero-order valence-corrected chi connectivity index (χ0v) is 16.6. The topological polar surface area (TPSA) is 65.2 Å². The minimum atomic E-state index is -0.320. The monoisotopic (exact) mass is 397 g/mol. The van der Waals surface area contributed by atoms with E-state index in [1.165, 1.54) is 10.9 Å². The first-order valence-corrected chi connectivity index (χ1v) is 10.3. The maximum Gasteiger partial charge on any atom is 0.227 e. The number of nitrogens with zero attached hydrogens (tertiary/aromatic N) is 1. The van der Waals surface area contributed by atoms with E-state index in [9.17, 15) is 9.59 Å². The highest BCUT2D eigenvalue weighted by Crippen LogP contribution is 2.31. The molecule has 1 fully saturated rings. The molecule has 0 aliphatic carbocycles. The normalized spacial score (nSPS) is 16.5. The van der Waals surface area contributed by atoms with E-state index in [1.807, 2.05) is 66.9 Å². The molecule has 1 saturated heterocycles. The molecule has 1 aliphatic rings. The van der Waals surface area contributed by atoms with Gasteiger partial charge in [-0.1, -0.05) is 54.6 Å². The van der Waals surface area contributed by atoms with Gasteiger partial charge in [-0.25, -0.2) is 0 Å². The number of hydrogen-bond acceptors (Lipinski definition) is 2. The molecular weight excluding hydrogens is 374 g/mol. The van der Waals surface area contributed by atoms with Gasteiger partial charge < -0.3 is 15.2 Å². The van der Waals surface area contributed by atoms with E-state index in [0.717, 1.165) is 28.4 Å². The molecule has 1 atom stereocenters. The lowest BCUT2D eigenvalue weighted by atomic mass is 10.1. The van der Waals surface area contributed by atoms with Gasteiger partial charge in [0.25, 0.3) is 0 Å². The van der Waals surface area contributed by atoms with Crippen LogP contribution in [0.15, 0.2) is 72.9 Å². The number of amides is 2. The van der Waals surface area contributed by atoms with Crippen LogP contribution in [-0.4, -0.2) is 29.9 Å². The fourth-order valence-corrected chi connectivity index (χ4v) is 4.36. The molecule has 3 aromatic carbocycles. The highest BCUT2D eigenvalue weighted by Gasteiger charge is 2.35. The number of hydrogen-bond donors (Lipinski definition) is 2. The molecule has 150 valence electrons. The largest absolute Gasteiger partial charge is 0.361 e. The number of nitrogens with one attached hydrogen (secondary N) is 2. The second kappa shape index (κ2) is 7.67. The van der Waals surface area contributed by atoms with E-state index in [2.05, 4.69) is 16.4 Å². The van der Waals surface area contributed by atoms with Crippen LogP contribution < -0.4 is 10.2 Å². The average molecular weight is 397 g/mol. The van der Waals surface area contributed by atoms with Crippen molar-refractivity contribution in [1.29, 1.82) is 0 Å². The number of aromatic amines is 1. The van der Waals surface area contributed by atoms with Crippen molar-refractivity contribution in [2.24, 2.45) is 5.92 Å². The van der Waals surface area contributed by atoms with Crippen LogP contribution in [0.3, 0.4) is 0 Å². The average Bonchev–Trinajstić information content (AvgIpc) is 3.37. The number of carbonyl (C=O) groups excluding carboxylic acids is 2. The number of para-hydroxylation sites is 1. The van der Waals surface area contributed by atoms with Crippen LogP contribution >= 0.6 is 0 Å². The molecular formula is C25H23N3O2. The van der Waals surface area contributed by atoms with Crippen LogP contribution in [-0.2, 0) is 16.0 Å². The summed E-state index contributed by atoms with van der Waals surface area (Å²) in [6, 6.07) is 22.1. The lowest BCUT2D eigenvalue weighted by Crippen LogP contribution is -2.34. The molecule has 5 nitrogen and oxygen atoms in total. The zero-order chi connectivity index (χ0) is 20.5. The molecule has 2 heterocycles. The Morgan fingerprint density at radius 1 is 1.00 bits per heavy atom. The lowest BCUT2D eigenvalue weighted by molar-refractivity contribution is -0.126. The summed E-state index contributed by atoms with van der Waals surface area (Å²) in [4.78, 5) is 30.4. The Hall–Kier alpha value is -3.60. The third-order valence-electron chi connectivity index (χ3n) is 5.92. The zero-order valence-electron chi connectivity index (χ0n) is 16.6. The van der Waals surface area contributed by atoms with Crippen molar-refractivity contribution >= 4 is 39.2 Å². The van der Waals surface area contributed by atoms with Gasteiger partial charge in [0.2, 0.25) is 11.8 Å². The fraction of sp³-hybridized carbons (Fsp3) is 0.200. The van der Waals surface area contributed by atoms with Crippen LogP contribution in [0.25, 0.3) is 21.7 Å². The highest BCUT2D eigenvalue weighted by atomic mass is 16.2. The van der Waals surface area contributed by atoms with Crippen LogP contribution in [0.5, 0.6) is 0 Å². The van der Waals surface area contributed by atoms with E-state index in [1.54, 1.807) is 4.90 Å². The van der Waals surface area contributed by atoms with Crippen LogP contribution in [0.4, 0.5) is 5.69 Å². The number of carbonyl (C=O) groups is 2. The smallest absolute Gasteiger partial charge is 0.227 e.